The van der Waals surface area contributed by atoms with Gasteiger partial charge in [0.1, 0.15) is 5.69 Å². The number of amides is 1. The van der Waals surface area contributed by atoms with E-state index in [0.29, 0.717) is 10.2 Å². The average Bonchev–Trinajstić information content (AvgIpc) is 2.46. The molecule has 2 rings (SSSR count). The van der Waals surface area contributed by atoms with E-state index < -0.39 is 0 Å². The van der Waals surface area contributed by atoms with E-state index in [0.717, 1.165) is 5.56 Å². The van der Waals surface area contributed by atoms with Crippen molar-refractivity contribution in [3.8, 4) is 0 Å². The van der Waals surface area contributed by atoms with E-state index in [9.17, 15) is 4.79 Å². The van der Waals surface area contributed by atoms with E-state index in [1.54, 1.807) is 24.2 Å². The Kier molecular flexibility index (Phi) is 4.55. The van der Waals surface area contributed by atoms with Crippen LogP contribution in [0, 0.1) is 6.92 Å². The van der Waals surface area contributed by atoms with Gasteiger partial charge in [-0.15, -0.1) is 0 Å². The molecule has 2 aromatic rings. The Labute approximate surface area is 127 Å². The van der Waals surface area contributed by atoms with Crippen LogP contribution >= 0.6 is 15.9 Å². The minimum absolute atomic E-state index is 0.00277. The van der Waals surface area contributed by atoms with Crippen molar-refractivity contribution < 1.29 is 4.79 Å². The fourth-order valence-corrected chi connectivity index (χ4v) is 2.38. The van der Waals surface area contributed by atoms with Crippen molar-refractivity contribution in [2.24, 2.45) is 0 Å². The van der Waals surface area contributed by atoms with Crippen LogP contribution < -0.4 is 0 Å². The molecule has 0 saturated heterocycles. The fourth-order valence-electron chi connectivity index (χ4n) is 1.95. The van der Waals surface area contributed by atoms with Crippen LogP contribution in [0.2, 0.25) is 0 Å². The largest absolute Gasteiger partial charge is 0.334 e. The number of carbonyl (C=O) groups excluding carboxylic acids is 1. The highest BCUT2D eigenvalue weighted by Crippen LogP contribution is 2.23. The first-order valence-electron chi connectivity index (χ1n) is 6.45. The summed E-state index contributed by atoms with van der Waals surface area (Å²) in [5.41, 5.74) is 2.76. The van der Waals surface area contributed by atoms with Gasteiger partial charge >= 0.3 is 0 Å². The van der Waals surface area contributed by atoms with Gasteiger partial charge in [0, 0.05) is 17.7 Å². The number of halogens is 1. The zero-order valence-corrected chi connectivity index (χ0v) is 13.4. The van der Waals surface area contributed by atoms with Gasteiger partial charge in [0.05, 0.1) is 6.04 Å². The molecule has 104 valence electrons. The first kappa shape index (κ1) is 14.7. The summed E-state index contributed by atoms with van der Waals surface area (Å²) in [5.74, 6) is -0.0921. The molecule has 1 atom stereocenters. The number of hydrogen-bond donors (Lipinski definition) is 0. The van der Waals surface area contributed by atoms with Gasteiger partial charge in [-0.25, -0.2) is 4.98 Å². The van der Waals surface area contributed by atoms with E-state index in [1.165, 1.54) is 5.56 Å². The molecule has 1 aromatic carbocycles. The lowest BCUT2D eigenvalue weighted by Crippen LogP contribution is -2.30. The van der Waals surface area contributed by atoms with Crippen LogP contribution in [-0.2, 0) is 0 Å². The highest BCUT2D eigenvalue weighted by atomic mass is 79.9. The number of carbonyl (C=O) groups is 1. The predicted octanol–water partition coefficient (Wildman–Crippen LogP) is 3.99. The summed E-state index contributed by atoms with van der Waals surface area (Å²) in [4.78, 5) is 18.3. The highest BCUT2D eigenvalue weighted by Gasteiger charge is 2.21. The van der Waals surface area contributed by atoms with Crippen LogP contribution in [0.4, 0.5) is 0 Å². The standard InChI is InChI=1S/C16H17BrN2O/c1-11-6-8-13(9-7-11)12(2)19(3)16(20)15-14(17)5-4-10-18-15/h4-10,12H,1-3H3. The van der Waals surface area contributed by atoms with Gasteiger partial charge in [-0.2, -0.15) is 0 Å². The van der Waals surface area contributed by atoms with Crippen LogP contribution in [0.3, 0.4) is 0 Å². The zero-order chi connectivity index (χ0) is 14.7. The van der Waals surface area contributed by atoms with Gasteiger partial charge in [0.25, 0.3) is 5.91 Å². The summed E-state index contributed by atoms with van der Waals surface area (Å²) >= 11 is 3.37. The SMILES string of the molecule is Cc1ccc(C(C)N(C)C(=O)c2ncccc2Br)cc1. The first-order chi connectivity index (χ1) is 9.50. The van der Waals surface area contributed by atoms with Gasteiger partial charge < -0.3 is 4.90 Å². The summed E-state index contributed by atoms with van der Waals surface area (Å²) in [6.45, 7) is 4.06. The van der Waals surface area contributed by atoms with Crippen LogP contribution in [-0.4, -0.2) is 22.8 Å². The normalized spacial score (nSPS) is 12.0. The van der Waals surface area contributed by atoms with E-state index in [-0.39, 0.29) is 11.9 Å². The molecule has 0 spiro atoms. The quantitative estimate of drug-likeness (QED) is 0.851. The number of aromatic nitrogens is 1. The molecule has 1 amide bonds. The maximum absolute atomic E-state index is 12.5. The number of aryl methyl sites for hydroxylation is 1. The lowest BCUT2D eigenvalue weighted by atomic mass is 10.1. The van der Waals surface area contributed by atoms with Crippen LogP contribution in [0.25, 0.3) is 0 Å². The first-order valence-corrected chi connectivity index (χ1v) is 7.24. The maximum atomic E-state index is 12.5. The number of nitrogens with zero attached hydrogens (tertiary/aromatic N) is 2. The van der Waals surface area contributed by atoms with Crippen molar-refractivity contribution in [1.29, 1.82) is 0 Å². The lowest BCUT2D eigenvalue weighted by Gasteiger charge is -2.25. The van der Waals surface area contributed by atoms with Crippen molar-refractivity contribution in [1.82, 2.24) is 9.88 Å². The Bertz CT molecular complexity index is 610. The Morgan fingerprint density at radius 2 is 1.90 bits per heavy atom. The van der Waals surface area contributed by atoms with Gasteiger partial charge in [0.15, 0.2) is 0 Å². The van der Waals surface area contributed by atoms with Crippen molar-refractivity contribution in [3.63, 3.8) is 0 Å². The molecule has 0 fully saturated rings. The topological polar surface area (TPSA) is 33.2 Å². The molecular formula is C16H17BrN2O. The minimum atomic E-state index is -0.0921. The maximum Gasteiger partial charge on any atom is 0.273 e. The Morgan fingerprint density at radius 1 is 1.25 bits per heavy atom. The second-order valence-corrected chi connectivity index (χ2v) is 5.69. The van der Waals surface area contributed by atoms with Gasteiger partial charge in [0.2, 0.25) is 0 Å². The van der Waals surface area contributed by atoms with Gasteiger partial charge in [-0.3, -0.25) is 4.79 Å². The van der Waals surface area contributed by atoms with E-state index in [2.05, 4.69) is 45.2 Å². The minimum Gasteiger partial charge on any atom is -0.334 e. The van der Waals surface area contributed by atoms with Crippen LogP contribution in [0.15, 0.2) is 47.1 Å². The molecule has 20 heavy (non-hydrogen) atoms. The molecular weight excluding hydrogens is 316 g/mol. The van der Waals surface area contributed by atoms with E-state index >= 15 is 0 Å². The van der Waals surface area contributed by atoms with Crippen molar-refractivity contribution in [3.05, 3.63) is 63.9 Å². The molecule has 4 heteroatoms. The number of hydrogen-bond acceptors (Lipinski definition) is 2. The molecule has 0 bridgehead atoms. The second kappa shape index (κ2) is 6.18. The molecule has 0 saturated carbocycles. The number of rotatable bonds is 3. The monoisotopic (exact) mass is 332 g/mol. The van der Waals surface area contributed by atoms with Crippen molar-refractivity contribution in [2.75, 3.05) is 7.05 Å². The fraction of sp³-hybridized carbons (Fsp3) is 0.250. The molecule has 3 nitrogen and oxygen atoms in total. The van der Waals surface area contributed by atoms with Gasteiger partial charge in [-0.05, 0) is 47.5 Å². The molecule has 0 radical (unpaired) electrons. The third-order valence-electron chi connectivity index (χ3n) is 3.42. The molecule has 1 heterocycles. The van der Waals surface area contributed by atoms with E-state index in [4.69, 9.17) is 0 Å². The lowest BCUT2D eigenvalue weighted by molar-refractivity contribution is 0.0735. The second-order valence-electron chi connectivity index (χ2n) is 4.84. The molecule has 0 aliphatic rings. The number of benzene rings is 1. The summed E-state index contributed by atoms with van der Waals surface area (Å²) < 4.78 is 0.716. The van der Waals surface area contributed by atoms with Crippen molar-refractivity contribution in [2.45, 2.75) is 19.9 Å². The summed E-state index contributed by atoms with van der Waals surface area (Å²) in [7, 11) is 1.80. The van der Waals surface area contributed by atoms with Crippen LogP contribution in [0.5, 0.6) is 0 Å². The predicted molar refractivity (Wildman–Crippen MR) is 83.6 cm³/mol. The Hall–Kier alpha value is -1.68. The highest BCUT2D eigenvalue weighted by molar-refractivity contribution is 9.10. The summed E-state index contributed by atoms with van der Waals surface area (Å²) in [5, 5.41) is 0. The Morgan fingerprint density at radius 3 is 2.50 bits per heavy atom. The third-order valence-corrected chi connectivity index (χ3v) is 4.06. The Balaban J connectivity index is 2.22. The zero-order valence-electron chi connectivity index (χ0n) is 11.8. The summed E-state index contributed by atoms with van der Waals surface area (Å²) in [6.07, 6.45) is 1.63. The average molecular weight is 333 g/mol. The molecule has 1 unspecified atom stereocenters. The van der Waals surface area contributed by atoms with Crippen molar-refractivity contribution >= 4 is 21.8 Å². The summed E-state index contributed by atoms with van der Waals surface area (Å²) in [6, 6.07) is 11.8. The van der Waals surface area contributed by atoms with Crippen LogP contribution in [0.1, 0.15) is 34.6 Å². The molecule has 0 aliphatic heterocycles. The van der Waals surface area contributed by atoms with E-state index in [1.807, 2.05) is 19.9 Å². The molecule has 0 aliphatic carbocycles. The third kappa shape index (κ3) is 3.07. The molecule has 0 N–H and O–H groups in total. The number of pyridine rings is 1. The van der Waals surface area contributed by atoms with Gasteiger partial charge in [-0.1, -0.05) is 29.8 Å². The smallest absolute Gasteiger partial charge is 0.273 e. The molecule has 1 aromatic heterocycles.